The van der Waals surface area contributed by atoms with Crippen LogP contribution in [0.2, 0.25) is 0 Å². The summed E-state index contributed by atoms with van der Waals surface area (Å²) < 4.78 is 0. The smallest absolute Gasteiger partial charge is 0.0607 e. The van der Waals surface area contributed by atoms with Gasteiger partial charge in [0.15, 0.2) is 0 Å². The van der Waals surface area contributed by atoms with Crippen molar-refractivity contribution in [3.63, 3.8) is 0 Å². The van der Waals surface area contributed by atoms with Crippen LogP contribution in [0.5, 0.6) is 0 Å². The largest absolute Gasteiger partial charge is 0.314 e. The summed E-state index contributed by atoms with van der Waals surface area (Å²) in [6, 6.07) is 15.1. The summed E-state index contributed by atoms with van der Waals surface area (Å²) in [4.78, 5) is 7.66. The Balaban J connectivity index is 1.21. The van der Waals surface area contributed by atoms with Gasteiger partial charge in [0.1, 0.15) is 0 Å². The van der Waals surface area contributed by atoms with E-state index in [1.807, 2.05) is 6.20 Å². The van der Waals surface area contributed by atoms with Crippen molar-refractivity contribution in [1.82, 2.24) is 20.5 Å². The number of benzene rings is 1. The zero-order valence-electron chi connectivity index (χ0n) is 20.3. The van der Waals surface area contributed by atoms with Gasteiger partial charge in [0.25, 0.3) is 0 Å². The molecule has 0 saturated heterocycles. The average molecular weight is 447 g/mol. The SMILES string of the molecule is c1ccc2c(c1)CN[C@@H](CN(CCCCNC1CCCCC1)[C@H]1CCCc3cccnc31)C2. The highest BCUT2D eigenvalue weighted by molar-refractivity contribution is 5.30. The molecule has 2 N–H and O–H groups in total. The van der Waals surface area contributed by atoms with Crippen LogP contribution in [-0.2, 0) is 19.4 Å². The number of fused-ring (bicyclic) bond motifs is 2. The summed E-state index contributed by atoms with van der Waals surface area (Å²) in [7, 11) is 0. The molecule has 1 fully saturated rings. The van der Waals surface area contributed by atoms with Crippen molar-refractivity contribution in [3.8, 4) is 0 Å². The van der Waals surface area contributed by atoms with Gasteiger partial charge in [-0.1, -0.05) is 49.6 Å². The zero-order valence-corrected chi connectivity index (χ0v) is 20.3. The maximum Gasteiger partial charge on any atom is 0.0607 e. The molecular formula is C29H42N4. The number of hydrogen-bond donors (Lipinski definition) is 2. The third-order valence-electron chi connectivity index (χ3n) is 8.14. The second kappa shape index (κ2) is 11.6. The molecular weight excluding hydrogens is 404 g/mol. The number of hydrogen-bond acceptors (Lipinski definition) is 4. The van der Waals surface area contributed by atoms with Crippen LogP contribution in [0.15, 0.2) is 42.6 Å². The Morgan fingerprint density at radius 1 is 0.909 bits per heavy atom. The lowest BCUT2D eigenvalue weighted by atomic mass is 9.89. The van der Waals surface area contributed by atoms with Crippen molar-refractivity contribution in [1.29, 1.82) is 0 Å². The molecule has 0 bridgehead atoms. The summed E-state index contributed by atoms with van der Waals surface area (Å²) in [5, 5.41) is 7.68. The highest BCUT2D eigenvalue weighted by Gasteiger charge is 2.29. The van der Waals surface area contributed by atoms with Crippen LogP contribution in [-0.4, -0.2) is 41.6 Å². The fourth-order valence-corrected chi connectivity index (χ4v) is 6.30. The zero-order chi connectivity index (χ0) is 22.3. The van der Waals surface area contributed by atoms with Crippen LogP contribution in [0, 0.1) is 0 Å². The molecule has 3 aliphatic rings. The highest BCUT2D eigenvalue weighted by Crippen LogP contribution is 2.33. The first-order chi connectivity index (χ1) is 16.4. The first-order valence-electron chi connectivity index (χ1n) is 13.6. The Hall–Kier alpha value is -1.75. The van der Waals surface area contributed by atoms with Gasteiger partial charge in [0.05, 0.1) is 11.7 Å². The van der Waals surface area contributed by atoms with Gasteiger partial charge in [-0.3, -0.25) is 9.88 Å². The normalized spacial score (nSPS) is 23.3. The molecule has 0 spiro atoms. The molecule has 4 heteroatoms. The first kappa shape index (κ1) is 23.0. The molecule has 0 amide bonds. The second-order valence-electron chi connectivity index (χ2n) is 10.5. The van der Waals surface area contributed by atoms with E-state index < -0.39 is 0 Å². The van der Waals surface area contributed by atoms with Crippen molar-refractivity contribution in [2.75, 3.05) is 19.6 Å². The number of unbranched alkanes of at least 4 members (excludes halogenated alkanes) is 1. The Kier molecular flexibility index (Phi) is 8.08. The average Bonchev–Trinajstić information content (AvgIpc) is 2.88. The fourth-order valence-electron chi connectivity index (χ4n) is 6.30. The van der Waals surface area contributed by atoms with Gasteiger partial charge in [-0.05, 0) is 87.2 Å². The Morgan fingerprint density at radius 3 is 2.67 bits per heavy atom. The molecule has 0 unspecified atom stereocenters. The van der Waals surface area contributed by atoms with Gasteiger partial charge in [0.2, 0.25) is 0 Å². The molecule has 1 aromatic heterocycles. The van der Waals surface area contributed by atoms with E-state index in [2.05, 4.69) is 51.9 Å². The topological polar surface area (TPSA) is 40.2 Å². The predicted octanol–water partition coefficient (Wildman–Crippen LogP) is 5.18. The molecule has 2 aliphatic carbocycles. The first-order valence-corrected chi connectivity index (χ1v) is 13.6. The van der Waals surface area contributed by atoms with Gasteiger partial charge in [0, 0.05) is 31.4 Å². The standard InChI is InChI=1S/C29H42N4/c1-2-14-26(15-3-1)30-17-6-7-19-33(28-16-8-12-23-13-9-18-31-29(23)28)22-27-20-24-10-4-5-11-25(24)21-32-27/h4-5,9-11,13,18,26-28,30,32H,1-3,6-8,12,14-17,19-22H2/t27-,28+/m1/s1. The lowest BCUT2D eigenvalue weighted by Crippen LogP contribution is -2.46. The van der Waals surface area contributed by atoms with Crippen LogP contribution < -0.4 is 10.6 Å². The van der Waals surface area contributed by atoms with Crippen LogP contribution in [0.1, 0.15) is 86.2 Å². The minimum absolute atomic E-state index is 0.472. The molecule has 178 valence electrons. The summed E-state index contributed by atoms with van der Waals surface area (Å²) in [6.45, 7) is 4.46. The van der Waals surface area contributed by atoms with Gasteiger partial charge in [-0.15, -0.1) is 0 Å². The Morgan fingerprint density at radius 2 is 1.76 bits per heavy atom. The van der Waals surface area contributed by atoms with Crippen molar-refractivity contribution >= 4 is 0 Å². The number of aryl methyl sites for hydroxylation is 1. The molecule has 1 aromatic carbocycles. The molecule has 1 aliphatic heterocycles. The van der Waals surface area contributed by atoms with Gasteiger partial charge in [-0.2, -0.15) is 0 Å². The van der Waals surface area contributed by atoms with E-state index in [0.29, 0.717) is 12.1 Å². The van der Waals surface area contributed by atoms with E-state index in [9.17, 15) is 0 Å². The molecule has 4 nitrogen and oxygen atoms in total. The van der Waals surface area contributed by atoms with Crippen LogP contribution >= 0.6 is 0 Å². The second-order valence-corrected chi connectivity index (χ2v) is 10.5. The molecule has 2 atom stereocenters. The van der Waals surface area contributed by atoms with E-state index in [4.69, 9.17) is 4.98 Å². The lowest BCUT2D eigenvalue weighted by Gasteiger charge is -2.38. The molecule has 1 saturated carbocycles. The van der Waals surface area contributed by atoms with E-state index in [0.717, 1.165) is 25.6 Å². The van der Waals surface area contributed by atoms with E-state index >= 15 is 0 Å². The minimum Gasteiger partial charge on any atom is -0.314 e. The maximum atomic E-state index is 4.88. The van der Waals surface area contributed by atoms with Crippen molar-refractivity contribution in [2.45, 2.75) is 95.3 Å². The molecule has 2 aromatic rings. The van der Waals surface area contributed by atoms with Crippen LogP contribution in [0.4, 0.5) is 0 Å². The Bertz CT molecular complexity index is 875. The monoisotopic (exact) mass is 446 g/mol. The van der Waals surface area contributed by atoms with Gasteiger partial charge < -0.3 is 10.6 Å². The number of nitrogens with zero attached hydrogens (tertiary/aromatic N) is 2. The van der Waals surface area contributed by atoms with Crippen LogP contribution in [0.3, 0.4) is 0 Å². The summed E-state index contributed by atoms with van der Waals surface area (Å²) >= 11 is 0. The quantitative estimate of drug-likeness (QED) is 0.521. The highest BCUT2D eigenvalue weighted by atomic mass is 15.2. The number of rotatable bonds is 9. The summed E-state index contributed by atoms with van der Waals surface area (Å²) in [6.07, 6.45) is 16.4. The Labute approximate surface area is 200 Å². The summed E-state index contributed by atoms with van der Waals surface area (Å²) in [5.41, 5.74) is 5.82. The molecule has 2 heterocycles. The van der Waals surface area contributed by atoms with E-state index in [1.54, 1.807) is 0 Å². The lowest BCUT2D eigenvalue weighted by molar-refractivity contribution is 0.150. The molecule has 33 heavy (non-hydrogen) atoms. The van der Waals surface area contributed by atoms with E-state index in [1.165, 1.54) is 99.7 Å². The van der Waals surface area contributed by atoms with Crippen molar-refractivity contribution < 1.29 is 0 Å². The summed E-state index contributed by atoms with van der Waals surface area (Å²) in [5.74, 6) is 0. The number of nitrogens with one attached hydrogen (secondary N) is 2. The number of pyridine rings is 1. The van der Waals surface area contributed by atoms with Crippen LogP contribution in [0.25, 0.3) is 0 Å². The molecule has 5 rings (SSSR count). The minimum atomic E-state index is 0.472. The van der Waals surface area contributed by atoms with E-state index in [-0.39, 0.29) is 0 Å². The maximum absolute atomic E-state index is 4.88. The third-order valence-corrected chi connectivity index (χ3v) is 8.14. The number of aromatic nitrogens is 1. The van der Waals surface area contributed by atoms with Crippen molar-refractivity contribution in [3.05, 3.63) is 65.0 Å². The predicted molar refractivity (Wildman–Crippen MR) is 136 cm³/mol. The molecule has 0 radical (unpaired) electrons. The third kappa shape index (κ3) is 6.03. The van der Waals surface area contributed by atoms with Gasteiger partial charge >= 0.3 is 0 Å². The van der Waals surface area contributed by atoms with Gasteiger partial charge in [-0.25, -0.2) is 0 Å². The fraction of sp³-hybridized carbons (Fsp3) is 0.621. The van der Waals surface area contributed by atoms with Crippen molar-refractivity contribution in [2.24, 2.45) is 0 Å².